The fraction of sp³-hybridized carbons (Fsp3) is 0.0667. The zero-order valence-electron chi connectivity index (χ0n) is 10.2. The van der Waals surface area contributed by atoms with Crippen LogP contribution in [0.1, 0.15) is 11.1 Å². The molecular weight excluding hydrogens is 260 g/mol. The van der Waals surface area contributed by atoms with E-state index in [9.17, 15) is 4.79 Å². The van der Waals surface area contributed by atoms with Gasteiger partial charge in [-0.25, -0.2) is 5.01 Å². The van der Waals surface area contributed by atoms with E-state index in [0.29, 0.717) is 18.0 Å². The second-order valence-corrected chi connectivity index (χ2v) is 4.42. The second-order valence-electron chi connectivity index (χ2n) is 3.98. The highest BCUT2D eigenvalue weighted by molar-refractivity contribution is 6.30. The molecule has 0 saturated carbocycles. The third-order valence-corrected chi connectivity index (χ3v) is 2.79. The first-order valence-corrected chi connectivity index (χ1v) is 6.21. The van der Waals surface area contributed by atoms with Gasteiger partial charge in [0, 0.05) is 5.02 Å². The molecule has 4 heteroatoms. The number of benzene rings is 2. The van der Waals surface area contributed by atoms with Gasteiger partial charge in [0.25, 0.3) is 0 Å². The monoisotopic (exact) mass is 272 g/mol. The third-order valence-electron chi connectivity index (χ3n) is 2.53. The van der Waals surface area contributed by atoms with Gasteiger partial charge < -0.3 is 0 Å². The maximum atomic E-state index is 11.0. The summed E-state index contributed by atoms with van der Waals surface area (Å²) >= 11 is 5.80. The van der Waals surface area contributed by atoms with E-state index in [1.54, 1.807) is 18.3 Å². The Morgan fingerprint density at radius 1 is 1.05 bits per heavy atom. The minimum atomic E-state index is 0.453. The van der Waals surface area contributed by atoms with E-state index in [1.165, 1.54) is 5.01 Å². The topological polar surface area (TPSA) is 32.7 Å². The van der Waals surface area contributed by atoms with Crippen LogP contribution in [-0.4, -0.2) is 17.6 Å². The van der Waals surface area contributed by atoms with E-state index in [1.807, 2.05) is 42.5 Å². The quantitative estimate of drug-likeness (QED) is 0.467. The summed E-state index contributed by atoms with van der Waals surface area (Å²) in [6, 6.07) is 17.0. The van der Waals surface area contributed by atoms with Crippen LogP contribution in [0.25, 0.3) is 0 Å². The molecule has 0 bridgehead atoms. The van der Waals surface area contributed by atoms with Crippen molar-refractivity contribution in [1.29, 1.82) is 0 Å². The highest BCUT2D eigenvalue weighted by Crippen LogP contribution is 2.08. The Kier molecular flexibility index (Phi) is 4.70. The molecule has 0 saturated heterocycles. The molecule has 0 aromatic heterocycles. The second kappa shape index (κ2) is 6.71. The van der Waals surface area contributed by atoms with Gasteiger partial charge in [-0.15, -0.1) is 0 Å². The summed E-state index contributed by atoms with van der Waals surface area (Å²) in [5, 5.41) is 6.16. The van der Waals surface area contributed by atoms with Gasteiger partial charge in [0.2, 0.25) is 6.41 Å². The van der Waals surface area contributed by atoms with Gasteiger partial charge in [-0.3, -0.25) is 4.79 Å². The summed E-state index contributed by atoms with van der Waals surface area (Å²) < 4.78 is 0. The molecule has 0 aliphatic heterocycles. The maximum absolute atomic E-state index is 11.0. The first-order valence-electron chi connectivity index (χ1n) is 5.83. The van der Waals surface area contributed by atoms with Crippen LogP contribution in [0.3, 0.4) is 0 Å². The largest absolute Gasteiger partial charge is 0.277 e. The molecular formula is C15H13ClN2O. The summed E-state index contributed by atoms with van der Waals surface area (Å²) in [7, 11) is 0. The Hall–Kier alpha value is -2.13. The van der Waals surface area contributed by atoms with E-state index in [2.05, 4.69) is 5.10 Å². The van der Waals surface area contributed by atoms with Crippen LogP contribution in [0.5, 0.6) is 0 Å². The average Bonchev–Trinajstić information content (AvgIpc) is 2.46. The predicted molar refractivity (Wildman–Crippen MR) is 77.1 cm³/mol. The van der Waals surface area contributed by atoms with Crippen LogP contribution in [0, 0.1) is 0 Å². The standard InChI is InChI=1S/C15H13ClN2O/c16-15-8-6-13(7-9-15)10-17-18(12-19)11-14-4-2-1-3-5-14/h1-10,12H,11H2. The molecule has 0 radical (unpaired) electrons. The predicted octanol–water partition coefficient (Wildman–Crippen LogP) is 3.33. The van der Waals surface area contributed by atoms with Crippen molar-refractivity contribution in [3.63, 3.8) is 0 Å². The SMILES string of the molecule is O=CN(Cc1ccccc1)N=Cc1ccc(Cl)cc1. The van der Waals surface area contributed by atoms with Gasteiger partial charge in [0.15, 0.2) is 0 Å². The molecule has 3 nitrogen and oxygen atoms in total. The first kappa shape index (κ1) is 13.3. The molecule has 19 heavy (non-hydrogen) atoms. The van der Waals surface area contributed by atoms with Crippen molar-refractivity contribution in [3.05, 3.63) is 70.7 Å². The van der Waals surface area contributed by atoms with Gasteiger partial charge in [0.05, 0.1) is 12.8 Å². The summed E-state index contributed by atoms with van der Waals surface area (Å²) in [4.78, 5) is 11.0. The smallest absolute Gasteiger partial charge is 0.230 e. The molecule has 2 rings (SSSR count). The normalized spacial score (nSPS) is 10.6. The Morgan fingerprint density at radius 3 is 2.37 bits per heavy atom. The van der Waals surface area contributed by atoms with Crippen LogP contribution in [0.2, 0.25) is 5.02 Å². The molecule has 2 aromatic rings. The number of hydrazone groups is 1. The summed E-state index contributed by atoms with van der Waals surface area (Å²) in [6.45, 7) is 0.453. The number of hydrogen-bond acceptors (Lipinski definition) is 2. The Bertz CT molecular complexity index is 552. The molecule has 0 aliphatic carbocycles. The Balaban J connectivity index is 2.03. The van der Waals surface area contributed by atoms with Gasteiger partial charge in [-0.05, 0) is 23.3 Å². The Morgan fingerprint density at radius 2 is 1.74 bits per heavy atom. The molecule has 0 atom stereocenters. The van der Waals surface area contributed by atoms with Crippen LogP contribution >= 0.6 is 11.6 Å². The highest BCUT2D eigenvalue weighted by Gasteiger charge is 1.99. The zero-order valence-corrected chi connectivity index (χ0v) is 11.0. The minimum Gasteiger partial charge on any atom is -0.277 e. The summed E-state index contributed by atoms with van der Waals surface area (Å²) in [5.74, 6) is 0. The molecule has 0 heterocycles. The van der Waals surface area contributed by atoms with E-state index < -0.39 is 0 Å². The highest BCUT2D eigenvalue weighted by atomic mass is 35.5. The van der Waals surface area contributed by atoms with E-state index in [4.69, 9.17) is 11.6 Å². The third kappa shape index (κ3) is 4.23. The lowest BCUT2D eigenvalue weighted by molar-refractivity contribution is -0.118. The first-order chi connectivity index (χ1) is 9.28. The van der Waals surface area contributed by atoms with Crippen LogP contribution in [0.4, 0.5) is 0 Å². The fourth-order valence-corrected chi connectivity index (χ4v) is 1.69. The molecule has 96 valence electrons. The number of carbonyl (C=O) groups is 1. The number of rotatable bonds is 5. The number of hydrogen-bond donors (Lipinski definition) is 0. The molecule has 1 amide bonds. The molecule has 0 spiro atoms. The van der Waals surface area contributed by atoms with Crippen molar-refractivity contribution in [2.24, 2.45) is 5.10 Å². The lowest BCUT2D eigenvalue weighted by Gasteiger charge is -2.10. The van der Waals surface area contributed by atoms with Crippen LogP contribution in [-0.2, 0) is 11.3 Å². The van der Waals surface area contributed by atoms with Gasteiger partial charge >= 0.3 is 0 Å². The zero-order chi connectivity index (χ0) is 13.5. The molecule has 0 unspecified atom stereocenters. The van der Waals surface area contributed by atoms with Gasteiger partial charge in [-0.2, -0.15) is 5.10 Å². The van der Waals surface area contributed by atoms with Crippen LogP contribution in [0.15, 0.2) is 59.7 Å². The van der Waals surface area contributed by atoms with Crippen molar-refractivity contribution in [2.45, 2.75) is 6.54 Å². The fourth-order valence-electron chi connectivity index (χ4n) is 1.57. The maximum Gasteiger partial charge on any atom is 0.230 e. The summed E-state index contributed by atoms with van der Waals surface area (Å²) in [5.41, 5.74) is 1.92. The molecule has 0 aliphatic rings. The number of amides is 1. The van der Waals surface area contributed by atoms with E-state index in [0.717, 1.165) is 11.1 Å². The average molecular weight is 273 g/mol. The van der Waals surface area contributed by atoms with Gasteiger partial charge in [-0.1, -0.05) is 54.1 Å². The summed E-state index contributed by atoms with van der Waals surface area (Å²) in [6.07, 6.45) is 2.34. The number of nitrogens with zero attached hydrogens (tertiary/aromatic N) is 2. The number of carbonyl (C=O) groups excluding carboxylic acids is 1. The van der Waals surface area contributed by atoms with Crippen LogP contribution < -0.4 is 0 Å². The lowest BCUT2D eigenvalue weighted by Crippen LogP contribution is -2.14. The van der Waals surface area contributed by atoms with E-state index in [-0.39, 0.29) is 0 Å². The van der Waals surface area contributed by atoms with Crippen molar-refractivity contribution in [2.75, 3.05) is 0 Å². The van der Waals surface area contributed by atoms with Gasteiger partial charge in [0.1, 0.15) is 0 Å². The Labute approximate surface area is 117 Å². The molecule has 0 N–H and O–H groups in total. The van der Waals surface area contributed by atoms with E-state index >= 15 is 0 Å². The lowest BCUT2D eigenvalue weighted by atomic mass is 10.2. The number of halogens is 1. The van der Waals surface area contributed by atoms with Crippen molar-refractivity contribution < 1.29 is 4.79 Å². The van der Waals surface area contributed by atoms with Crippen molar-refractivity contribution in [1.82, 2.24) is 5.01 Å². The van der Waals surface area contributed by atoms with Crippen molar-refractivity contribution >= 4 is 24.2 Å². The molecule has 0 fully saturated rings. The minimum absolute atomic E-state index is 0.453. The van der Waals surface area contributed by atoms with Crippen molar-refractivity contribution in [3.8, 4) is 0 Å². The molecule has 2 aromatic carbocycles.